The number of methoxy groups -OCH3 is 1. The summed E-state index contributed by atoms with van der Waals surface area (Å²) in [5, 5.41) is 0. The number of aromatic amines is 1. The molecular formula is C20H25F3N4O4. The minimum Gasteiger partial charge on any atom is -0.383 e. The lowest BCUT2D eigenvalue weighted by atomic mass is 10.1. The molecule has 1 aromatic heterocycles. The number of nitrogens with one attached hydrogen (secondary N) is 1. The van der Waals surface area contributed by atoms with Crippen molar-refractivity contribution in [3.63, 3.8) is 0 Å². The number of amides is 1. The first-order valence-corrected chi connectivity index (χ1v) is 9.53. The van der Waals surface area contributed by atoms with Crippen LogP contribution in [0.25, 0.3) is 0 Å². The van der Waals surface area contributed by atoms with Gasteiger partial charge >= 0.3 is 11.9 Å². The Morgan fingerprint density at radius 1 is 1.23 bits per heavy atom. The van der Waals surface area contributed by atoms with Crippen LogP contribution in [-0.2, 0) is 28.7 Å². The molecule has 0 radical (unpaired) electrons. The third-order valence-corrected chi connectivity index (χ3v) is 4.49. The zero-order chi connectivity index (χ0) is 23.3. The minimum absolute atomic E-state index is 0.0361. The fourth-order valence-electron chi connectivity index (χ4n) is 3.01. The van der Waals surface area contributed by atoms with Gasteiger partial charge in [0.15, 0.2) is 5.69 Å². The van der Waals surface area contributed by atoms with E-state index in [0.29, 0.717) is 5.56 Å². The first-order chi connectivity index (χ1) is 14.5. The van der Waals surface area contributed by atoms with Crippen LogP contribution < -0.4 is 21.9 Å². The van der Waals surface area contributed by atoms with E-state index in [2.05, 4.69) is 4.98 Å². The Morgan fingerprint density at radius 2 is 1.84 bits per heavy atom. The van der Waals surface area contributed by atoms with Crippen molar-refractivity contribution in [3.05, 3.63) is 56.2 Å². The van der Waals surface area contributed by atoms with Crippen LogP contribution in [0.3, 0.4) is 0 Å². The zero-order valence-electron chi connectivity index (χ0n) is 17.5. The van der Waals surface area contributed by atoms with E-state index in [4.69, 9.17) is 10.5 Å². The van der Waals surface area contributed by atoms with Gasteiger partial charge in [-0.3, -0.25) is 19.1 Å². The molecule has 0 aliphatic heterocycles. The number of rotatable bonds is 8. The number of halogens is 3. The molecule has 0 aliphatic rings. The fraction of sp³-hybridized carbons (Fsp3) is 0.450. The van der Waals surface area contributed by atoms with Crippen molar-refractivity contribution in [1.29, 1.82) is 0 Å². The number of hydrogen-bond acceptors (Lipinski definition) is 5. The van der Waals surface area contributed by atoms with Gasteiger partial charge in [-0.05, 0) is 23.6 Å². The van der Waals surface area contributed by atoms with Crippen LogP contribution in [0.2, 0.25) is 0 Å². The molecule has 0 bridgehead atoms. The first kappa shape index (κ1) is 24.2. The molecule has 2 rings (SSSR count). The van der Waals surface area contributed by atoms with Crippen molar-refractivity contribution >= 4 is 17.4 Å². The number of carbonyl (C=O) groups excluding carboxylic acids is 1. The lowest BCUT2D eigenvalue weighted by Crippen LogP contribution is -2.43. The Hall–Kier alpha value is -3.08. The van der Waals surface area contributed by atoms with Gasteiger partial charge < -0.3 is 15.4 Å². The molecular weight excluding hydrogens is 417 g/mol. The average molecular weight is 442 g/mol. The number of nitrogen functional groups attached to an aromatic ring is 1. The van der Waals surface area contributed by atoms with Gasteiger partial charge in [0, 0.05) is 20.2 Å². The number of anilines is 2. The lowest BCUT2D eigenvalue weighted by molar-refractivity contribution is -0.137. The number of ether oxygens (including phenoxy) is 1. The number of nitrogens with two attached hydrogens (primary N) is 1. The average Bonchev–Trinajstić information content (AvgIpc) is 2.67. The molecule has 11 heteroatoms. The lowest BCUT2D eigenvalue weighted by Gasteiger charge is -2.25. The Bertz CT molecular complexity index is 1030. The van der Waals surface area contributed by atoms with Crippen molar-refractivity contribution in [2.75, 3.05) is 30.9 Å². The third-order valence-electron chi connectivity index (χ3n) is 4.49. The minimum atomic E-state index is -4.49. The predicted molar refractivity (Wildman–Crippen MR) is 110 cm³/mol. The van der Waals surface area contributed by atoms with Crippen LogP contribution >= 0.6 is 0 Å². The van der Waals surface area contributed by atoms with Crippen molar-refractivity contribution < 1.29 is 22.7 Å². The second-order valence-electron chi connectivity index (χ2n) is 7.41. The van der Waals surface area contributed by atoms with Crippen LogP contribution in [0.15, 0.2) is 33.9 Å². The van der Waals surface area contributed by atoms with E-state index in [1.165, 1.54) is 23.8 Å². The maximum atomic E-state index is 13.0. The maximum Gasteiger partial charge on any atom is 0.416 e. The van der Waals surface area contributed by atoms with Crippen LogP contribution in [0.1, 0.15) is 25.0 Å². The van der Waals surface area contributed by atoms with E-state index in [1.54, 1.807) is 0 Å². The number of carbonyl (C=O) groups is 1. The zero-order valence-corrected chi connectivity index (χ0v) is 17.5. The van der Waals surface area contributed by atoms with Gasteiger partial charge in [-0.2, -0.15) is 13.2 Å². The molecule has 1 aromatic carbocycles. The van der Waals surface area contributed by atoms with Gasteiger partial charge in [0.25, 0.3) is 5.56 Å². The molecule has 170 valence electrons. The van der Waals surface area contributed by atoms with Gasteiger partial charge in [0.2, 0.25) is 5.91 Å². The van der Waals surface area contributed by atoms with Crippen molar-refractivity contribution in [1.82, 2.24) is 9.55 Å². The Morgan fingerprint density at radius 3 is 2.35 bits per heavy atom. The van der Waals surface area contributed by atoms with Crippen molar-refractivity contribution in [3.8, 4) is 0 Å². The highest BCUT2D eigenvalue weighted by Crippen LogP contribution is 2.29. The highest BCUT2D eigenvalue weighted by Gasteiger charge is 2.30. The molecule has 0 atom stereocenters. The molecule has 0 spiro atoms. The molecule has 31 heavy (non-hydrogen) atoms. The summed E-state index contributed by atoms with van der Waals surface area (Å²) in [7, 11) is 1.41. The topological polar surface area (TPSA) is 110 Å². The summed E-state index contributed by atoms with van der Waals surface area (Å²) in [6.07, 6.45) is -4.76. The van der Waals surface area contributed by atoms with E-state index in [0.717, 1.165) is 17.0 Å². The van der Waals surface area contributed by atoms with Gasteiger partial charge in [-0.25, -0.2) is 4.79 Å². The Balaban J connectivity index is 2.42. The molecule has 0 unspecified atom stereocenters. The van der Waals surface area contributed by atoms with Crippen LogP contribution in [-0.4, -0.2) is 35.7 Å². The fourth-order valence-corrected chi connectivity index (χ4v) is 3.01. The largest absolute Gasteiger partial charge is 0.416 e. The summed E-state index contributed by atoms with van der Waals surface area (Å²) in [5.41, 5.74) is 3.85. The standard InChI is InChI=1S/C20H25F3N4O4/c1-12(2)11-27-17(24)16(18(29)25-19(27)30)26(8-9-31-3)15(28)10-13-4-6-14(7-5-13)20(21,22)23/h4-7,12H,8-11,24H2,1-3H3,(H,25,29,30). The SMILES string of the molecule is COCCN(C(=O)Cc1ccc(C(F)(F)F)cc1)c1c(N)n(CC(C)C)c(=O)[nH]c1=O. The number of nitrogens with zero attached hydrogens (tertiary/aromatic N) is 2. The Kier molecular flexibility index (Phi) is 7.66. The molecule has 0 saturated heterocycles. The van der Waals surface area contributed by atoms with E-state index < -0.39 is 28.9 Å². The molecule has 0 saturated carbocycles. The van der Waals surface area contributed by atoms with Crippen LogP contribution in [0.5, 0.6) is 0 Å². The summed E-state index contributed by atoms with van der Waals surface area (Å²) >= 11 is 0. The number of alkyl halides is 3. The van der Waals surface area contributed by atoms with Gasteiger partial charge in [0.1, 0.15) is 5.82 Å². The smallest absolute Gasteiger partial charge is 0.383 e. The summed E-state index contributed by atoms with van der Waals surface area (Å²) in [6.45, 7) is 3.97. The predicted octanol–water partition coefficient (Wildman–Crippen LogP) is 2.02. The molecule has 0 fully saturated rings. The summed E-state index contributed by atoms with van der Waals surface area (Å²) in [6, 6.07) is 4.16. The van der Waals surface area contributed by atoms with E-state index in [1.807, 2.05) is 13.8 Å². The van der Waals surface area contributed by atoms with Gasteiger partial charge in [0.05, 0.1) is 18.6 Å². The monoisotopic (exact) mass is 442 g/mol. The second-order valence-corrected chi connectivity index (χ2v) is 7.41. The second kappa shape index (κ2) is 9.82. The number of aromatic nitrogens is 2. The summed E-state index contributed by atoms with van der Waals surface area (Å²) in [5.74, 6) is -0.711. The van der Waals surface area contributed by atoms with Crippen molar-refractivity contribution in [2.45, 2.75) is 33.0 Å². The third kappa shape index (κ3) is 5.97. The molecule has 1 amide bonds. The van der Waals surface area contributed by atoms with E-state index >= 15 is 0 Å². The maximum absolute atomic E-state index is 13.0. The highest BCUT2D eigenvalue weighted by atomic mass is 19.4. The van der Waals surface area contributed by atoms with Gasteiger partial charge in [-0.15, -0.1) is 0 Å². The number of benzene rings is 1. The number of H-pyrrole nitrogens is 1. The van der Waals surface area contributed by atoms with Crippen LogP contribution in [0.4, 0.5) is 24.7 Å². The Labute approximate surface area is 176 Å². The molecule has 3 N–H and O–H groups in total. The highest BCUT2D eigenvalue weighted by molar-refractivity contribution is 5.96. The summed E-state index contributed by atoms with van der Waals surface area (Å²) < 4.78 is 44.4. The molecule has 2 aromatic rings. The quantitative estimate of drug-likeness (QED) is 0.650. The molecule has 0 aliphatic carbocycles. The van der Waals surface area contributed by atoms with Crippen LogP contribution in [0, 0.1) is 5.92 Å². The van der Waals surface area contributed by atoms with E-state index in [9.17, 15) is 27.6 Å². The normalized spacial score (nSPS) is 11.7. The van der Waals surface area contributed by atoms with E-state index in [-0.39, 0.29) is 43.5 Å². The summed E-state index contributed by atoms with van der Waals surface area (Å²) in [4.78, 5) is 40.9. The molecule has 1 heterocycles. The number of hydrogen-bond donors (Lipinski definition) is 2. The van der Waals surface area contributed by atoms with Gasteiger partial charge in [-0.1, -0.05) is 26.0 Å². The van der Waals surface area contributed by atoms with Crippen molar-refractivity contribution in [2.24, 2.45) is 5.92 Å². The molecule has 8 nitrogen and oxygen atoms in total. The first-order valence-electron chi connectivity index (χ1n) is 9.53.